The average molecular weight is 269 g/mol. The summed E-state index contributed by atoms with van der Waals surface area (Å²) in [5.41, 5.74) is 0.0350. The molecule has 0 radical (unpaired) electrons. The van der Waals surface area contributed by atoms with Crippen molar-refractivity contribution in [2.24, 2.45) is 0 Å². The van der Waals surface area contributed by atoms with Gasteiger partial charge in [0.25, 0.3) is 5.91 Å². The molecule has 1 fully saturated rings. The van der Waals surface area contributed by atoms with Gasteiger partial charge in [0.15, 0.2) is 0 Å². The lowest BCUT2D eigenvalue weighted by Crippen LogP contribution is -2.29. The van der Waals surface area contributed by atoms with Gasteiger partial charge >= 0.3 is 0 Å². The zero-order chi connectivity index (χ0) is 13.5. The second-order valence-corrected chi connectivity index (χ2v) is 6.84. The van der Waals surface area contributed by atoms with E-state index in [1.54, 1.807) is 0 Å². The molecule has 1 aliphatic rings. The maximum absolute atomic E-state index is 12.2. The van der Waals surface area contributed by atoms with E-state index >= 15 is 0 Å². The van der Waals surface area contributed by atoms with Gasteiger partial charge in [-0.25, -0.2) is 0 Å². The number of likely N-dealkylation sites (tertiary alicyclic amines) is 1. The van der Waals surface area contributed by atoms with Gasteiger partial charge in [-0.2, -0.15) is 0 Å². The predicted octanol–water partition coefficient (Wildman–Crippen LogP) is 1.22. The molecule has 0 spiro atoms. The highest BCUT2D eigenvalue weighted by Gasteiger charge is 2.33. The highest BCUT2D eigenvalue weighted by molar-refractivity contribution is 7.14. The second-order valence-electron chi connectivity index (χ2n) is 5.76. The molecule has 0 aromatic carbocycles. The minimum Gasteiger partial charge on any atom is -0.388 e. The van der Waals surface area contributed by atoms with Gasteiger partial charge in [0.2, 0.25) is 0 Å². The van der Waals surface area contributed by atoms with Crippen molar-refractivity contribution >= 4 is 17.2 Å². The Balaban J connectivity index is 2.13. The van der Waals surface area contributed by atoms with Crippen molar-refractivity contribution in [1.29, 1.82) is 0 Å². The van der Waals surface area contributed by atoms with Gasteiger partial charge in [-0.1, -0.05) is 20.8 Å². The van der Waals surface area contributed by atoms with Crippen LogP contribution in [0.4, 0.5) is 0 Å². The maximum atomic E-state index is 12.2. The number of carbonyl (C=O) groups is 1. The third-order valence-corrected chi connectivity index (χ3v) is 4.60. The van der Waals surface area contributed by atoms with Crippen LogP contribution in [0.3, 0.4) is 0 Å². The third kappa shape index (κ3) is 2.58. The third-order valence-electron chi connectivity index (χ3n) is 3.10. The van der Waals surface area contributed by atoms with Gasteiger partial charge in [0, 0.05) is 18.0 Å². The number of hydrogen-bond donors (Lipinski definition) is 2. The van der Waals surface area contributed by atoms with Crippen molar-refractivity contribution in [2.45, 2.75) is 38.4 Å². The fraction of sp³-hybridized carbons (Fsp3) is 0.615. The molecule has 1 amide bonds. The van der Waals surface area contributed by atoms with Gasteiger partial charge in [0.05, 0.1) is 17.1 Å². The SMILES string of the molecule is CC(C)(C)c1ccc(C(=O)N2CC(O)C(O)C2)s1. The summed E-state index contributed by atoms with van der Waals surface area (Å²) in [6.45, 7) is 6.74. The predicted molar refractivity (Wildman–Crippen MR) is 70.9 cm³/mol. The molecule has 5 heteroatoms. The molecule has 2 rings (SSSR count). The second kappa shape index (κ2) is 4.64. The number of nitrogens with zero attached hydrogens (tertiary/aromatic N) is 1. The number of hydrogen-bond acceptors (Lipinski definition) is 4. The lowest BCUT2D eigenvalue weighted by Gasteiger charge is -2.16. The molecule has 1 aromatic rings. The molecular weight excluding hydrogens is 250 g/mol. The Hall–Kier alpha value is -0.910. The molecule has 1 aliphatic heterocycles. The number of aliphatic hydroxyl groups is 2. The first-order valence-electron chi connectivity index (χ1n) is 6.05. The first kappa shape index (κ1) is 13.5. The summed E-state index contributed by atoms with van der Waals surface area (Å²) < 4.78 is 0. The highest BCUT2D eigenvalue weighted by Crippen LogP contribution is 2.30. The van der Waals surface area contributed by atoms with E-state index in [9.17, 15) is 15.0 Å². The highest BCUT2D eigenvalue weighted by atomic mass is 32.1. The Morgan fingerprint density at radius 3 is 2.28 bits per heavy atom. The first-order valence-corrected chi connectivity index (χ1v) is 6.86. The molecule has 0 saturated carbocycles. The van der Waals surface area contributed by atoms with Crippen LogP contribution < -0.4 is 0 Å². The van der Waals surface area contributed by atoms with Crippen LogP contribution in [0.1, 0.15) is 35.3 Å². The quantitative estimate of drug-likeness (QED) is 0.806. The summed E-state index contributed by atoms with van der Waals surface area (Å²) in [6, 6.07) is 3.80. The summed E-state index contributed by atoms with van der Waals surface area (Å²) in [6.07, 6.45) is -1.65. The fourth-order valence-electron chi connectivity index (χ4n) is 1.95. The van der Waals surface area contributed by atoms with Crippen LogP contribution in [0.25, 0.3) is 0 Å². The maximum Gasteiger partial charge on any atom is 0.264 e. The zero-order valence-corrected chi connectivity index (χ0v) is 11.7. The Labute approximate surface area is 111 Å². The molecule has 2 atom stereocenters. The zero-order valence-electron chi connectivity index (χ0n) is 10.9. The largest absolute Gasteiger partial charge is 0.388 e. The Morgan fingerprint density at radius 2 is 1.83 bits per heavy atom. The Kier molecular flexibility index (Phi) is 3.49. The van der Waals surface area contributed by atoms with Crippen molar-refractivity contribution in [3.8, 4) is 0 Å². The standard InChI is InChI=1S/C13H19NO3S/c1-13(2,3)11-5-4-10(18-11)12(17)14-6-8(15)9(16)7-14/h4-5,8-9,15-16H,6-7H2,1-3H3. The van der Waals surface area contributed by atoms with Crippen LogP contribution in [0, 0.1) is 0 Å². The van der Waals surface area contributed by atoms with Gasteiger partial charge in [0.1, 0.15) is 0 Å². The molecule has 1 aromatic heterocycles. The molecule has 18 heavy (non-hydrogen) atoms. The minimum atomic E-state index is -0.823. The summed E-state index contributed by atoms with van der Waals surface area (Å²) in [5.74, 6) is -0.105. The molecule has 100 valence electrons. The summed E-state index contributed by atoms with van der Waals surface area (Å²) in [4.78, 5) is 15.5. The monoisotopic (exact) mass is 269 g/mol. The fourth-order valence-corrected chi connectivity index (χ4v) is 2.98. The van der Waals surface area contributed by atoms with Gasteiger partial charge in [-0.05, 0) is 17.5 Å². The molecule has 2 heterocycles. The number of β-amino-alcohol motifs (C(OH)–C–C–N with tert-alkyl or cyclic N) is 2. The van der Waals surface area contributed by atoms with Crippen LogP contribution in [0.5, 0.6) is 0 Å². The lowest BCUT2D eigenvalue weighted by atomic mass is 9.95. The Bertz CT molecular complexity index is 439. The normalized spacial score (nSPS) is 24.6. The number of amides is 1. The van der Waals surface area contributed by atoms with Crippen LogP contribution in [-0.2, 0) is 5.41 Å². The van der Waals surface area contributed by atoms with Gasteiger partial charge < -0.3 is 15.1 Å². The number of rotatable bonds is 1. The van der Waals surface area contributed by atoms with Crippen molar-refractivity contribution in [1.82, 2.24) is 4.90 Å². The van der Waals surface area contributed by atoms with Crippen molar-refractivity contribution in [3.63, 3.8) is 0 Å². The Morgan fingerprint density at radius 1 is 1.28 bits per heavy atom. The number of thiophene rings is 1. The van der Waals surface area contributed by atoms with E-state index in [-0.39, 0.29) is 24.4 Å². The minimum absolute atomic E-state index is 0.0350. The molecule has 4 nitrogen and oxygen atoms in total. The number of aliphatic hydroxyl groups excluding tert-OH is 2. The summed E-state index contributed by atoms with van der Waals surface area (Å²) in [5, 5.41) is 18.9. The van der Waals surface area contributed by atoms with Crippen LogP contribution in [0.15, 0.2) is 12.1 Å². The molecule has 2 unspecified atom stereocenters. The van der Waals surface area contributed by atoms with E-state index in [4.69, 9.17) is 0 Å². The van der Waals surface area contributed by atoms with Crippen molar-refractivity contribution in [3.05, 3.63) is 21.9 Å². The summed E-state index contributed by atoms with van der Waals surface area (Å²) >= 11 is 1.48. The molecule has 1 saturated heterocycles. The molecule has 0 bridgehead atoms. The van der Waals surface area contributed by atoms with Gasteiger partial charge in [-0.15, -0.1) is 11.3 Å². The van der Waals surface area contributed by atoms with E-state index in [1.807, 2.05) is 12.1 Å². The topological polar surface area (TPSA) is 60.8 Å². The molecular formula is C13H19NO3S. The summed E-state index contributed by atoms with van der Waals surface area (Å²) in [7, 11) is 0. The van der Waals surface area contributed by atoms with E-state index in [0.29, 0.717) is 4.88 Å². The van der Waals surface area contributed by atoms with Crippen molar-refractivity contribution < 1.29 is 15.0 Å². The van der Waals surface area contributed by atoms with Gasteiger partial charge in [-0.3, -0.25) is 4.79 Å². The van der Waals surface area contributed by atoms with Crippen LogP contribution >= 0.6 is 11.3 Å². The number of carbonyl (C=O) groups excluding carboxylic acids is 1. The smallest absolute Gasteiger partial charge is 0.264 e. The van der Waals surface area contributed by atoms with Crippen molar-refractivity contribution in [2.75, 3.05) is 13.1 Å². The molecule has 2 N–H and O–H groups in total. The van der Waals surface area contributed by atoms with E-state index < -0.39 is 12.2 Å². The molecule has 0 aliphatic carbocycles. The van der Waals surface area contributed by atoms with Crippen LogP contribution in [0.2, 0.25) is 0 Å². The average Bonchev–Trinajstić information content (AvgIpc) is 2.85. The lowest BCUT2D eigenvalue weighted by molar-refractivity contribution is 0.0572. The first-order chi connectivity index (χ1) is 8.29. The van der Waals surface area contributed by atoms with Crippen LogP contribution in [-0.4, -0.2) is 46.3 Å². The van der Waals surface area contributed by atoms with E-state index in [0.717, 1.165) is 4.88 Å². The van der Waals surface area contributed by atoms with E-state index in [2.05, 4.69) is 20.8 Å². The van der Waals surface area contributed by atoms with E-state index in [1.165, 1.54) is 16.2 Å².